The Morgan fingerprint density at radius 1 is 1.07 bits per heavy atom. The minimum absolute atomic E-state index is 0.283. The lowest BCUT2D eigenvalue weighted by molar-refractivity contribution is -0.123. The van der Waals surface area contributed by atoms with Crippen molar-refractivity contribution in [1.82, 2.24) is 15.6 Å². The molecular weight excluding hydrogens is 362 g/mol. The van der Waals surface area contributed by atoms with Crippen molar-refractivity contribution in [2.24, 2.45) is 0 Å². The summed E-state index contributed by atoms with van der Waals surface area (Å²) in [7, 11) is 0. The number of aromatic amines is 1. The first-order chi connectivity index (χ1) is 14.1. The lowest BCUT2D eigenvalue weighted by Crippen LogP contribution is -2.50. The van der Waals surface area contributed by atoms with Crippen LogP contribution in [-0.2, 0) is 11.2 Å². The summed E-state index contributed by atoms with van der Waals surface area (Å²) in [6.07, 6.45) is 7.47. The maximum absolute atomic E-state index is 12.9. The third-order valence-corrected chi connectivity index (χ3v) is 4.77. The Bertz CT molecular complexity index is 984. The number of H-pyrrole nitrogens is 1. The molecular formula is C24H25N3O2. The second-order valence-corrected chi connectivity index (χ2v) is 7.00. The lowest BCUT2D eigenvalue weighted by Gasteiger charge is -2.21. The number of terminal acetylenes is 1. The highest BCUT2D eigenvalue weighted by Crippen LogP contribution is 2.15. The summed E-state index contributed by atoms with van der Waals surface area (Å²) < 4.78 is 0. The summed E-state index contributed by atoms with van der Waals surface area (Å²) in [5.41, 5.74) is 2.24. The number of hydrogen-bond donors (Lipinski definition) is 3. The molecule has 2 atom stereocenters. The number of para-hydroxylation sites is 1. The molecule has 2 aromatic carbocycles. The highest BCUT2D eigenvalue weighted by molar-refractivity contribution is 6.00. The molecule has 3 N–H and O–H groups in total. The fourth-order valence-corrected chi connectivity index (χ4v) is 3.25. The van der Waals surface area contributed by atoms with Crippen molar-refractivity contribution >= 4 is 22.7 Å². The minimum atomic E-state index is -0.732. The Hall–Kier alpha value is -3.52. The number of fused-ring (bicyclic) bond motifs is 1. The molecule has 3 rings (SSSR count). The van der Waals surface area contributed by atoms with Gasteiger partial charge in [0, 0.05) is 17.3 Å². The number of carbonyl (C=O) groups excluding carboxylic acids is 2. The topological polar surface area (TPSA) is 74.0 Å². The fourth-order valence-electron chi connectivity index (χ4n) is 3.25. The Kier molecular flexibility index (Phi) is 6.70. The summed E-state index contributed by atoms with van der Waals surface area (Å²) in [6, 6.07) is 17.9. The number of aromatic nitrogens is 1. The van der Waals surface area contributed by atoms with Crippen LogP contribution in [0.3, 0.4) is 0 Å². The number of rotatable bonds is 8. The molecule has 0 aliphatic rings. The second kappa shape index (κ2) is 9.61. The van der Waals surface area contributed by atoms with Gasteiger partial charge in [0.15, 0.2) is 0 Å². The second-order valence-electron chi connectivity index (χ2n) is 7.00. The molecule has 5 heteroatoms. The van der Waals surface area contributed by atoms with Crippen LogP contribution in [0.1, 0.15) is 35.8 Å². The quantitative estimate of drug-likeness (QED) is 0.518. The molecule has 0 fully saturated rings. The van der Waals surface area contributed by atoms with Gasteiger partial charge >= 0.3 is 0 Å². The van der Waals surface area contributed by atoms with E-state index in [1.807, 2.05) is 61.5 Å². The molecule has 1 aromatic heterocycles. The summed E-state index contributed by atoms with van der Waals surface area (Å²) in [5.74, 6) is 1.99. The average molecular weight is 387 g/mol. The van der Waals surface area contributed by atoms with Crippen LogP contribution in [0, 0.1) is 12.3 Å². The zero-order valence-electron chi connectivity index (χ0n) is 16.4. The molecule has 0 saturated carbocycles. The van der Waals surface area contributed by atoms with E-state index in [9.17, 15) is 9.59 Å². The van der Waals surface area contributed by atoms with E-state index in [-0.39, 0.29) is 17.9 Å². The van der Waals surface area contributed by atoms with Crippen LogP contribution in [0.25, 0.3) is 10.9 Å². The van der Waals surface area contributed by atoms with Gasteiger partial charge < -0.3 is 15.6 Å². The molecule has 29 heavy (non-hydrogen) atoms. The van der Waals surface area contributed by atoms with E-state index in [4.69, 9.17) is 6.42 Å². The van der Waals surface area contributed by atoms with Crippen molar-refractivity contribution < 1.29 is 9.59 Å². The average Bonchev–Trinajstić information content (AvgIpc) is 3.18. The Labute approximate surface area is 170 Å². The maximum Gasteiger partial charge on any atom is 0.268 e. The van der Waals surface area contributed by atoms with Gasteiger partial charge in [-0.25, -0.2) is 0 Å². The molecule has 0 saturated heterocycles. The van der Waals surface area contributed by atoms with E-state index in [1.54, 1.807) is 6.07 Å². The monoisotopic (exact) mass is 387 g/mol. The predicted octanol–water partition coefficient (Wildman–Crippen LogP) is 3.43. The van der Waals surface area contributed by atoms with Gasteiger partial charge in [-0.15, -0.1) is 6.42 Å². The molecule has 3 aromatic rings. The number of benzene rings is 2. The van der Waals surface area contributed by atoms with Crippen LogP contribution in [0.15, 0.2) is 60.7 Å². The smallest absolute Gasteiger partial charge is 0.268 e. The molecule has 0 spiro atoms. The Morgan fingerprint density at radius 3 is 2.48 bits per heavy atom. The van der Waals surface area contributed by atoms with Crippen LogP contribution in [0.2, 0.25) is 0 Å². The van der Waals surface area contributed by atoms with Gasteiger partial charge in [-0.1, -0.05) is 67.8 Å². The van der Waals surface area contributed by atoms with Crippen molar-refractivity contribution in [3.8, 4) is 12.3 Å². The van der Waals surface area contributed by atoms with E-state index >= 15 is 0 Å². The number of nitrogens with one attached hydrogen (secondary N) is 3. The van der Waals surface area contributed by atoms with E-state index in [2.05, 4.69) is 21.5 Å². The first-order valence-corrected chi connectivity index (χ1v) is 9.79. The third-order valence-electron chi connectivity index (χ3n) is 4.77. The summed E-state index contributed by atoms with van der Waals surface area (Å²) >= 11 is 0. The van der Waals surface area contributed by atoms with Crippen LogP contribution >= 0.6 is 0 Å². The van der Waals surface area contributed by atoms with Crippen LogP contribution in [0.4, 0.5) is 0 Å². The Morgan fingerprint density at radius 2 is 1.79 bits per heavy atom. The molecule has 148 valence electrons. The molecule has 2 amide bonds. The minimum Gasteiger partial charge on any atom is -0.351 e. The standard InChI is InChI=1S/C24H25N3O2/c1-3-10-19(4-2)25-23(28)21(15-17-11-6-5-7-12-17)27-24(29)22-16-18-13-8-9-14-20(18)26-22/h2,5-9,11-14,16,19,21,26H,3,10,15H2,1H3,(H,25,28)(H,27,29)/t19-,21+/m1/s1. The van der Waals surface area contributed by atoms with Gasteiger partial charge in [0.05, 0.1) is 6.04 Å². The van der Waals surface area contributed by atoms with Crippen molar-refractivity contribution in [3.63, 3.8) is 0 Å². The largest absolute Gasteiger partial charge is 0.351 e. The maximum atomic E-state index is 12.9. The van der Waals surface area contributed by atoms with Crippen molar-refractivity contribution in [2.75, 3.05) is 0 Å². The lowest BCUT2D eigenvalue weighted by atomic mass is 10.0. The molecule has 0 aliphatic heterocycles. The van der Waals surface area contributed by atoms with E-state index in [0.717, 1.165) is 22.9 Å². The van der Waals surface area contributed by atoms with Gasteiger partial charge in [-0.3, -0.25) is 9.59 Å². The van der Waals surface area contributed by atoms with Gasteiger partial charge in [-0.2, -0.15) is 0 Å². The number of hydrogen-bond acceptors (Lipinski definition) is 2. The predicted molar refractivity (Wildman–Crippen MR) is 115 cm³/mol. The van der Waals surface area contributed by atoms with Crippen molar-refractivity contribution in [3.05, 3.63) is 71.9 Å². The van der Waals surface area contributed by atoms with Crippen LogP contribution < -0.4 is 10.6 Å². The number of carbonyl (C=O) groups is 2. The normalized spacial score (nSPS) is 12.7. The molecule has 0 radical (unpaired) electrons. The first kappa shape index (κ1) is 20.2. The van der Waals surface area contributed by atoms with Gasteiger partial charge in [0.2, 0.25) is 5.91 Å². The van der Waals surface area contributed by atoms with Crippen molar-refractivity contribution in [1.29, 1.82) is 0 Å². The van der Waals surface area contributed by atoms with E-state index < -0.39 is 6.04 Å². The fraction of sp³-hybridized carbons (Fsp3) is 0.250. The molecule has 0 unspecified atom stereocenters. The van der Waals surface area contributed by atoms with Crippen molar-refractivity contribution in [2.45, 2.75) is 38.3 Å². The van der Waals surface area contributed by atoms with E-state index in [0.29, 0.717) is 18.5 Å². The zero-order chi connectivity index (χ0) is 20.6. The third kappa shape index (κ3) is 5.26. The molecule has 0 bridgehead atoms. The van der Waals surface area contributed by atoms with Crippen LogP contribution in [-0.4, -0.2) is 28.9 Å². The number of amides is 2. The molecule has 1 heterocycles. The Balaban J connectivity index is 1.78. The molecule has 5 nitrogen and oxygen atoms in total. The highest BCUT2D eigenvalue weighted by atomic mass is 16.2. The summed E-state index contributed by atoms with van der Waals surface area (Å²) in [4.78, 5) is 28.8. The zero-order valence-corrected chi connectivity index (χ0v) is 16.4. The summed E-state index contributed by atoms with van der Waals surface area (Å²) in [5, 5.41) is 6.68. The van der Waals surface area contributed by atoms with Gasteiger partial charge in [0.25, 0.3) is 5.91 Å². The van der Waals surface area contributed by atoms with Gasteiger partial charge in [0.1, 0.15) is 11.7 Å². The van der Waals surface area contributed by atoms with E-state index in [1.165, 1.54) is 0 Å². The van der Waals surface area contributed by atoms with Crippen LogP contribution in [0.5, 0.6) is 0 Å². The molecule has 0 aliphatic carbocycles. The highest BCUT2D eigenvalue weighted by Gasteiger charge is 2.24. The SMILES string of the molecule is C#C[C@H](CCC)NC(=O)[C@H](Cc1ccccc1)NC(=O)c1cc2ccccc2[nH]1. The first-order valence-electron chi connectivity index (χ1n) is 9.79. The summed E-state index contributed by atoms with van der Waals surface area (Å²) in [6.45, 7) is 2.01. The van der Waals surface area contributed by atoms with Gasteiger partial charge in [-0.05, 0) is 24.1 Å².